The van der Waals surface area contributed by atoms with Crippen LogP contribution in [0.5, 0.6) is 0 Å². The molecule has 0 atom stereocenters. The van der Waals surface area contributed by atoms with E-state index in [4.69, 9.17) is 5.73 Å². The van der Waals surface area contributed by atoms with Gasteiger partial charge in [0.25, 0.3) is 0 Å². The summed E-state index contributed by atoms with van der Waals surface area (Å²) < 4.78 is 0. The minimum absolute atomic E-state index is 0.0518. The summed E-state index contributed by atoms with van der Waals surface area (Å²) in [4.78, 5) is 21.3. The summed E-state index contributed by atoms with van der Waals surface area (Å²) in [7, 11) is 1.53. The first-order valence-electron chi connectivity index (χ1n) is 3.46. The fraction of sp³-hybridized carbons (Fsp3) is 0.571. The van der Waals surface area contributed by atoms with Crippen molar-refractivity contribution in [2.75, 3.05) is 7.05 Å². The maximum absolute atomic E-state index is 10.9. The van der Waals surface area contributed by atoms with Crippen molar-refractivity contribution >= 4 is 11.8 Å². The predicted octanol–water partition coefficient (Wildman–Crippen LogP) is -0.408. The first-order chi connectivity index (χ1) is 5.11. The van der Waals surface area contributed by atoms with E-state index in [0.29, 0.717) is 12.3 Å². The Morgan fingerprint density at radius 2 is 2.00 bits per heavy atom. The molecule has 3 N–H and O–H groups in total. The monoisotopic (exact) mass is 157 g/mol. The molecule has 0 fully saturated rings. The van der Waals surface area contributed by atoms with Gasteiger partial charge in [0, 0.05) is 13.5 Å². The van der Waals surface area contributed by atoms with Gasteiger partial charge in [-0.2, -0.15) is 0 Å². The Kier molecular flexibility index (Phi) is 4.26. The molecule has 2 amide bonds. The van der Waals surface area contributed by atoms with Crippen LogP contribution in [0.2, 0.25) is 0 Å². The van der Waals surface area contributed by atoms with E-state index in [-0.39, 0.29) is 12.3 Å². The van der Waals surface area contributed by atoms with Crippen LogP contribution in [0.15, 0.2) is 0 Å². The normalized spacial score (nSPS) is 9.73. The first-order valence-corrected chi connectivity index (χ1v) is 3.46. The highest BCUT2D eigenvalue weighted by Gasteiger charge is 2.17. The van der Waals surface area contributed by atoms with Crippen molar-refractivity contribution in [3.05, 3.63) is 5.92 Å². The molecule has 0 bridgehead atoms. The Morgan fingerprint density at radius 1 is 1.45 bits per heavy atom. The average molecular weight is 157 g/mol. The molecule has 0 aromatic carbocycles. The van der Waals surface area contributed by atoms with Gasteiger partial charge in [-0.25, -0.2) is 0 Å². The van der Waals surface area contributed by atoms with Crippen molar-refractivity contribution in [2.45, 2.75) is 19.8 Å². The third-order valence-corrected chi connectivity index (χ3v) is 1.36. The van der Waals surface area contributed by atoms with E-state index >= 15 is 0 Å². The summed E-state index contributed by atoms with van der Waals surface area (Å²) in [5.41, 5.74) is 4.92. The molecule has 0 aromatic heterocycles. The maximum Gasteiger partial charge on any atom is 0.227 e. The quantitative estimate of drug-likeness (QED) is 0.582. The number of hydrogen-bond donors (Lipinski definition) is 2. The van der Waals surface area contributed by atoms with Crippen molar-refractivity contribution in [3.63, 3.8) is 0 Å². The Labute approximate surface area is 66.1 Å². The highest BCUT2D eigenvalue weighted by Crippen LogP contribution is 2.09. The number of nitrogens with two attached hydrogens (primary N) is 1. The smallest absolute Gasteiger partial charge is 0.227 e. The van der Waals surface area contributed by atoms with E-state index in [9.17, 15) is 9.59 Å². The van der Waals surface area contributed by atoms with Gasteiger partial charge in [-0.15, -0.1) is 0 Å². The molecule has 4 heteroatoms. The lowest BCUT2D eigenvalue weighted by atomic mass is 10.0. The zero-order valence-corrected chi connectivity index (χ0v) is 6.81. The molecule has 4 nitrogen and oxygen atoms in total. The van der Waals surface area contributed by atoms with Crippen molar-refractivity contribution in [1.82, 2.24) is 5.32 Å². The molecular weight excluding hydrogens is 144 g/mol. The SMILES string of the molecule is CC[C](CC(N)=O)C(=O)NC. The Morgan fingerprint density at radius 3 is 2.27 bits per heavy atom. The van der Waals surface area contributed by atoms with Crippen molar-refractivity contribution in [3.8, 4) is 0 Å². The molecule has 0 heterocycles. The zero-order valence-electron chi connectivity index (χ0n) is 6.81. The molecule has 0 aliphatic carbocycles. The van der Waals surface area contributed by atoms with Gasteiger partial charge in [-0.1, -0.05) is 6.92 Å². The van der Waals surface area contributed by atoms with Crippen molar-refractivity contribution < 1.29 is 9.59 Å². The second kappa shape index (κ2) is 4.71. The molecule has 0 saturated heterocycles. The molecule has 0 spiro atoms. The lowest BCUT2D eigenvalue weighted by Crippen LogP contribution is -2.28. The zero-order chi connectivity index (χ0) is 8.85. The van der Waals surface area contributed by atoms with Crippen LogP contribution in [0.1, 0.15) is 19.8 Å². The van der Waals surface area contributed by atoms with Gasteiger partial charge in [-0.3, -0.25) is 9.59 Å². The van der Waals surface area contributed by atoms with Gasteiger partial charge in [0.1, 0.15) is 0 Å². The van der Waals surface area contributed by atoms with Crippen molar-refractivity contribution in [2.24, 2.45) is 5.73 Å². The third-order valence-electron chi connectivity index (χ3n) is 1.36. The number of amides is 2. The maximum atomic E-state index is 10.9. The fourth-order valence-corrected chi connectivity index (χ4v) is 0.753. The Balaban J connectivity index is 3.94. The highest BCUT2D eigenvalue weighted by atomic mass is 16.2. The van der Waals surface area contributed by atoms with Crippen LogP contribution in [0.3, 0.4) is 0 Å². The summed E-state index contributed by atoms with van der Waals surface area (Å²) in [6.45, 7) is 1.81. The van der Waals surface area contributed by atoms with Gasteiger partial charge in [-0.05, 0) is 6.42 Å². The fourth-order valence-electron chi connectivity index (χ4n) is 0.753. The molecule has 0 aliphatic heterocycles. The van der Waals surface area contributed by atoms with Crippen LogP contribution in [0, 0.1) is 5.92 Å². The number of carbonyl (C=O) groups is 2. The number of primary amides is 1. The predicted molar refractivity (Wildman–Crippen MR) is 41.4 cm³/mol. The highest BCUT2D eigenvalue weighted by molar-refractivity contribution is 5.94. The first kappa shape index (κ1) is 9.94. The number of nitrogens with one attached hydrogen (secondary N) is 1. The standard InChI is InChI=1S/C7H13N2O2/c1-3-5(4-6(8)10)7(11)9-2/h3-4H2,1-2H3,(H2,8,10)(H,9,11). The summed E-state index contributed by atoms with van der Waals surface area (Å²) in [6.07, 6.45) is 0.610. The molecular formula is C7H13N2O2. The van der Waals surface area contributed by atoms with Crippen LogP contribution in [-0.2, 0) is 9.59 Å². The lowest BCUT2D eigenvalue weighted by Gasteiger charge is -2.08. The number of carbonyl (C=O) groups excluding carboxylic acids is 2. The van der Waals surface area contributed by atoms with Gasteiger partial charge in [0.2, 0.25) is 11.8 Å². The molecule has 11 heavy (non-hydrogen) atoms. The van der Waals surface area contributed by atoms with Gasteiger partial charge < -0.3 is 11.1 Å². The molecule has 0 aromatic rings. The summed E-state index contributed by atoms with van der Waals surface area (Å²) in [5.74, 6) is -0.142. The Bertz CT molecular complexity index is 157. The molecule has 0 aliphatic rings. The molecule has 0 unspecified atom stereocenters. The van der Waals surface area contributed by atoms with E-state index in [1.165, 1.54) is 7.05 Å². The van der Waals surface area contributed by atoms with E-state index in [1.807, 2.05) is 6.92 Å². The van der Waals surface area contributed by atoms with Crippen LogP contribution < -0.4 is 11.1 Å². The number of rotatable bonds is 4. The average Bonchev–Trinajstić information content (AvgIpc) is 1.98. The second-order valence-electron chi connectivity index (χ2n) is 2.18. The summed E-state index contributed by atoms with van der Waals surface area (Å²) >= 11 is 0. The van der Waals surface area contributed by atoms with Crippen LogP contribution in [-0.4, -0.2) is 18.9 Å². The van der Waals surface area contributed by atoms with E-state index in [2.05, 4.69) is 5.32 Å². The topological polar surface area (TPSA) is 72.2 Å². The molecule has 1 radical (unpaired) electrons. The number of hydrogen-bond acceptors (Lipinski definition) is 2. The second-order valence-corrected chi connectivity index (χ2v) is 2.18. The minimum Gasteiger partial charge on any atom is -0.370 e. The third kappa shape index (κ3) is 3.60. The largest absolute Gasteiger partial charge is 0.370 e. The van der Waals surface area contributed by atoms with Gasteiger partial charge in [0.15, 0.2) is 0 Å². The van der Waals surface area contributed by atoms with Gasteiger partial charge in [0.05, 0.1) is 5.92 Å². The minimum atomic E-state index is -0.467. The Hall–Kier alpha value is -1.06. The van der Waals surface area contributed by atoms with Crippen LogP contribution in [0.4, 0.5) is 0 Å². The summed E-state index contributed by atoms with van der Waals surface area (Å²) in [6, 6.07) is 0. The molecule has 0 saturated carbocycles. The van der Waals surface area contributed by atoms with E-state index in [0.717, 1.165) is 0 Å². The van der Waals surface area contributed by atoms with E-state index < -0.39 is 5.91 Å². The summed E-state index contributed by atoms with van der Waals surface area (Å²) in [5, 5.41) is 2.44. The van der Waals surface area contributed by atoms with Crippen molar-refractivity contribution in [1.29, 1.82) is 0 Å². The molecule has 0 rings (SSSR count). The van der Waals surface area contributed by atoms with E-state index in [1.54, 1.807) is 0 Å². The molecule has 63 valence electrons. The van der Waals surface area contributed by atoms with Crippen LogP contribution in [0.25, 0.3) is 0 Å². The van der Waals surface area contributed by atoms with Gasteiger partial charge >= 0.3 is 0 Å². The van der Waals surface area contributed by atoms with Crippen LogP contribution >= 0.6 is 0 Å². The lowest BCUT2D eigenvalue weighted by molar-refractivity contribution is -0.123.